The van der Waals surface area contributed by atoms with E-state index in [1.807, 2.05) is 31.2 Å². The Morgan fingerprint density at radius 2 is 2.33 bits per heavy atom. The molecule has 0 aromatic heterocycles. The van der Waals surface area contributed by atoms with Gasteiger partial charge in [-0.15, -0.1) is 0 Å². The van der Waals surface area contributed by atoms with Crippen molar-refractivity contribution >= 4 is 5.91 Å². The minimum absolute atomic E-state index is 0.0372. The number of benzene rings is 1. The summed E-state index contributed by atoms with van der Waals surface area (Å²) in [6.45, 7) is 7.27. The fraction of sp³-hybridized carbons (Fsp3) is 0.632. The number of likely N-dealkylation sites (tertiary alicyclic amines) is 1. The van der Waals surface area contributed by atoms with Crippen molar-refractivity contribution in [3.8, 4) is 5.75 Å². The first-order valence-corrected chi connectivity index (χ1v) is 8.96. The molecular weight excluding hydrogens is 304 g/mol. The van der Waals surface area contributed by atoms with Crippen molar-refractivity contribution in [3.05, 3.63) is 29.8 Å². The minimum atomic E-state index is -0.553. The zero-order valence-electron chi connectivity index (χ0n) is 14.8. The summed E-state index contributed by atoms with van der Waals surface area (Å²) in [5, 5.41) is 13.2. The second-order valence-electron chi connectivity index (χ2n) is 6.67. The van der Waals surface area contributed by atoms with E-state index in [1.165, 1.54) is 0 Å². The molecule has 1 aliphatic heterocycles. The average molecular weight is 334 g/mol. The molecule has 0 bridgehead atoms. The normalized spacial score (nSPS) is 19.7. The average Bonchev–Trinajstić information content (AvgIpc) is 2.58. The lowest BCUT2D eigenvalue weighted by Gasteiger charge is -2.33. The molecule has 2 unspecified atom stereocenters. The van der Waals surface area contributed by atoms with Crippen molar-refractivity contribution in [2.24, 2.45) is 5.92 Å². The van der Waals surface area contributed by atoms with E-state index in [9.17, 15) is 9.90 Å². The number of aliphatic hydroxyl groups is 1. The van der Waals surface area contributed by atoms with Crippen LogP contribution in [0.1, 0.15) is 31.7 Å². The van der Waals surface area contributed by atoms with Crippen LogP contribution in [0.2, 0.25) is 0 Å². The number of carbonyl (C=O) groups is 1. The van der Waals surface area contributed by atoms with Crippen LogP contribution < -0.4 is 10.1 Å². The highest BCUT2D eigenvalue weighted by atomic mass is 16.5. The molecule has 1 aromatic carbocycles. The Morgan fingerprint density at radius 3 is 3.08 bits per heavy atom. The van der Waals surface area contributed by atoms with Gasteiger partial charge in [0.1, 0.15) is 18.5 Å². The highest BCUT2D eigenvalue weighted by molar-refractivity contribution is 5.78. The Morgan fingerprint density at radius 1 is 1.50 bits per heavy atom. The van der Waals surface area contributed by atoms with Gasteiger partial charge in [-0.05, 0) is 50.4 Å². The lowest BCUT2D eigenvalue weighted by Crippen LogP contribution is -2.46. The summed E-state index contributed by atoms with van der Waals surface area (Å²) in [6, 6.07) is 7.82. The van der Waals surface area contributed by atoms with Crippen molar-refractivity contribution in [1.82, 2.24) is 10.2 Å². The number of ether oxygens (including phenoxy) is 1. The monoisotopic (exact) mass is 334 g/mol. The van der Waals surface area contributed by atoms with Crippen molar-refractivity contribution < 1.29 is 14.6 Å². The topological polar surface area (TPSA) is 61.8 Å². The number of nitrogens with zero attached hydrogens (tertiary/aromatic N) is 1. The van der Waals surface area contributed by atoms with Gasteiger partial charge in [-0.25, -0.2) is 0 Å². The third-order valence-corrected chi connectivity index (χ3v) is 4.33. The zero-order valence-corrected chi connectivity index (χ0v) is 14.8. The van der Waals surface area contributed by atoms with Gasteiger partial charge >= 0.3 is 0 Å². The second kappa shape index (κ2) is 9.64. The van der Waals surface area contributed by atoms with Gasteiger partial charge in [0.2, 0.25) is 5.91 Å². The van der Waals surface area contributed by atoms with Crippen LogP contribution >= 0.6 is 0 Å². The van der Waals surface area contributed by atoms with Gasteiger partial charge in [0, 0.05) is 19.6 Å². The first-order chi connectivity index (χ1) is 11.6. The van der Waals surface area contributed by atoms with Gasteiger partial charge in [-0.1, -0.05) is 19.1 Å². The molecule has 5 nitrogen and oxygen atoms in total. The molecule has 1 amide bonds. The van der Waals surface area contributed by atoms with Crippen LogP contribution in [0.3, 0.4) is 0 Å². The minimum Gasteiger partial charge on any atom is -0.491 e. The molecule has 0 spiro atoms. The number of β-amino-alcohol motifs (C(OH)–C–C–N with tert-alkyl or cyclic N) is 1. The van der Waals surface area contributed by atoms with Crippen LogP contribution in [0.25, 0.3) is 0 Å². The van der Waals surface area contributed by atoms with Crippen molar-refractivity contribution in [1.29, 1.82) is 0 Å². The molecule has 1 saturated heterocycles. The Bertz CT molecular complexity index is 521. The van der Waals surface area contributed by atoms with Crippen LogP contribution in [-0.2, 0) is 4.79 Å². The maximum Gasteiger partial charge on any atom is 0.224 e. The van der Waals surface area contributed by atoms with Crippen LogP contribution in [0.15, 0.2) is 24.3 Å². The van der Waals surface area contributed by atoms with Crippen LogP contribution in [-0.4, -0.2) is 54.8 Å². The number of aliphatic hydroxyl groups excluding tert-OH is 1. The van der Waals surface area contributed by atoms with E-state index in [4.69, 9.17) is 4.74 Å². The predicted molar refractivity (Wildman–Crippen MR) is 95.1 cm³/mol. The van der Waals surface area contributed by atoms with E-state index in [-0.39, 0.29) is 18.4 Å². The quantitative estimate of drug-likeness (QED) is 0.763. The van der Waals surface area contributed by atoms with Gasteiger partial charge in [0.25, 0.3) is 0 Å². The maximum atomic E-state index is 12.1. The molecule has 1 fully saturated rings. The van der Waals surface area contributed by atoms with E-state index < -0.39 is 6.10 Å². The SMILES string of the molecule is CCCNC(=O)C1CCCN(CC(O)COc2cccc(C)c2)C1. The number of hydrogen-bond donors (Lipinski definition) is 2. The standard InChI is InChI=1S/C19H30N2O3/c1-3-9-20-19(23)16-7-5-10-21(12-16)13-17(22)14-24-18-8-4-6-15(2)11-18/h4,6,8,11,16-17,22H,3,5,7,9-10,12-14H2,1-2H3,(H,20,23). The van der Waals surface area contributed by atoms with Crippen molar-refractivity contribution in [3.63, 3.8) is 0 Å². The summed E-state index contributed by atoms with van der Waals surface area (Å²) in [5.74, 6) is 0.965. The summed E-state index contributed by atoms with van der Waals surface area (Å²) < 4.78 is 5.66. The molecule has 0 aliphatic carbocycles. The number of carbonyl (C=O) groups excluding carboxylic acids is 1. The highest BCUT2D eigenvalue weighted by Gasteiger charge is 2.26. The smallest absolute Gasteiger partial charge is 0.224 e. The Hall–Kier alpha value is -1.59. The molecule has 2 N–H and O–H groups in total. The van der Waals surface area contributed by atoms with Crippen LogP contribution in [0, 0.1) is 12.8 Å². The van der Waals surface area contributed by atoms with Crippen LogP contribution in [0.5, 0.6) is 5.75 Å². The van der Waals surface area contributed by atoms with Crippen molar-refractivity contribution in [2.45, 2.75) is 39.2 Å². The number of nitrogens with one attached hydrogen (secondary N) is 1. The highest BCUT2D eigenvalue weighted by Crippen LogP contribution is 2.17. The molecule has 5 heteroatoms. The van der Waals surface area contributed by atoms with Crippen LogP contribution in [0.4, 0.5) is 0 Å². The fourth-order valence-corrected chi connectivity index (χ4v) is 3.08. The summed E-state index contributed by atoms with van der Waals surface area (Å²) >= 11 is 0. The number of amides is 1. The van der Waals surface area contributed by atoms with Gasteiger partial charge in [-0.3, -0.25) is 9.69 Å². The van der Waals surface area contributed by atoms with Gasteiger partial charge < -0.3 is 15.2 Å². The van der Waals surface area contributed by atoms with E-state index in [1.54, 1.807) is 0 Å². The molecule has 1 heterocycles. The third kappa shape index (κ3) is 6.13. The second-order valence-corrected chi connectivity index (χ2v) is 6.67. The zero-order chi connectivity index (χ0) is 17.4. The molecule has 1 aliphatic rings. The number of hydrogen-bond acceptors (Lipinski definition) is 4. The van der Waals surface area contributed by atoms with E-state index in [0.717, 1.165) is 50.2 Å². The Kier molecular flexibility index (Phi) is 7.53. The van der Waals surface area contributed by atoms with E-state index in [2.05, 4.69) is 17.1 Å². The maximum absolute atomic E-state index is 12.1. The summed E-state index contributed by atoms with van der Waals surface area (Å²) in [4.78, 5) is 14.3. The lowest BCUT2D eigenvalue weighted by molar-refractivity contribution is -0.126. The molecule has 0 saturated carbocycles. The third-order valence-electron chi connectivity index (χ3n) is 4.33. The molecular formula is C19H30N2O3. The summed E-state index contributed by atoms with van der Waals surface area (Å²) in [5.41, 5.74) is 1.14. The Balaban J connectivity index is 1.74. The number of aryl methyl sites for hydroxylation is 1. The van der Waals surface area contributed by atoms with Gasteiger partial charge in [-0.2, -0.15) is 0 Å². The Labute approximate surface area is 145 Å². The predicted octanol–water partition coefficient (Wildman–Crippen LogP) is 1.97. The van der Waals surface area contributed by atoms with E-state index in [0.29, 0.717) is 6.54 Å². The van der Waals surface area contributed by atoms with Crippen molar-refractivity contribution in [2.75, 3.05) is 32.8 Å². The lowest BCUT2D eigenvalue weighted by atomic mass is 9.97. The molecule has 134 valence electrons. The van der Waals surface area contributed by atoms with E-state index >= 15 is 0 Å². The summed E-state index contributed by atoms with van der Waals surface area (Å²) in [7, 11) is 0. The molecule has 1 aromatic rings. The number of rotatable bonds is 8. The summed E-state index contributed by atoms with van der Waals surface area (Å²) in [6.07, 6.45) is 2.33. The molecule has 0 radical (unpaired) electrons. The largest absolute Gasteiger partial charge is 0.491 e. The molecule has 24 heavy (non-hydrogen) atoms. The fourth-order valence-electron chi connectivity index (χ4n) is 3.08. The van der Waals surface area contributed by atoms with Gasteiger partial charge in [0.05, 0.1) is 5.92 Å². The first kappa shape index (κ1) is 18.7. The molecule has 2 rings (SSSR count). The number of piperidine rings is 1. The first-order valence-electron chi connectivity index (χ1n) is 8.96. The molecule has 2 atom stereocenters. The van der Waals surface area contributed by atoms with Gasteiger partial charge in [0.15, 0.2) is 0 Å².